The highest BCUT2D eigenvalue weighted by Gasteiger charge is 2.38. The summed E-state index contributed by atoms with van der Waals surface area (Å²) in [7, 11) is 5.35. The molecule has 0 unspecified atom stereocenters. The lowest BCUT2D eigenvalue weighted by Crippen LogP contribution is -2.58. The van der Waals surface area contributed by atoms with Gasteiger partial charge in [0, 0.05) is 81.9 Å². The van der Waals surface area contributed by atoms with Gasteiger partial charge in [-0.3, -0.25) is 57.7 Å². The lowest BCUT2D eigenvalue weighted by Gasteiger charge is -2.37. The Morgan fingerprint density at radius 1 is 0.745 bits per heavy atom. The number of aromatic nitrogens is 1. The number of carboxylic acid groups (broad SMARTS) is 1. The van der Waals surface area contributed by atoms with Crippen molar-refractivity contribution in [1.29, 1.82) is 0 Å². The minimum atomic E-state index is -1.11. The molecule has 94 heavy (non-hydrogen) atoms. The first-order valence-electron chi connectivity index (χ1n) is 32.6. The smallest absolute Gasteiger partial charge is 0.312 e. The van der Waals surface area contributed by atoms with Gasteiger partial charge in [-0.2, -0.15) is 0 Å². The van der Waals surface area contributed by atoms with Crippen molar-refractivity contribution in [3.63, 3.8) is 0 Å². The fourth-order valence-electron chi connectivity index (χ4n) is 11.3. The molecule has 9 atom stereocenters. The van der Waals surface area contributed by atoms with Crippen LogP contribution in [-0.2, 0) is 65.8 Å². The Hall–Kier alpha value is -8.04. The van der Waals surface area contributed by atoms with Crippen LogP contribution in [0.25, 0.3) is 0 Å². The highest BCUT2D eigenvalue weighted by molar-refractivity contribution is 7.09. The number of carbonyl (C=O) groups excluding carboxylic acids is 10. The molecule has 0 spiro atoms. The van der Waals surface area contributed by atoms with Crippen molar-refractivity contribution in [3.05, 3.63) is 81.8 Å². The van der Waals surface area contributed by atoms with Crippen molar-refractivity contribution in [1.82, 2.24) is 51.7 Å². The van der Waals surface area contributed by atoms with E-state index in [2.05, 4.69) is 42.4 Å². The summed E-state index contributed by atoms with van der Waals surface area (Å²) in [6.45, 7) is 18.9. The van der Waals surface area contributed by atoms with Crippen LogP contribution in [0.1, 0.15) is 166 Å². The molecule has 10 N–H and O–H groups in total. The molecular weight excluding hydrogens is 1230 g/mol. The normalized spacial score (nSPS) is 15.5. The number of nitrogens with two attached hydrogens (primary N) is 1. The van der Waals surface area contributed by atoms with E-state index in [4.69, 9.17) is 15.3 Å². The zero-order valence-corrected chi connectivity index (χ0v) is 57.7. The topological polar surface area (TPSA) is 359 Å². The van der Waals surface area contributed by atoms with Crippen molar-refractivity contribution in [3.8, 4) is 0 Å². The molecule has 2 heterocycles. The van der Waals surface area contributed by atoms with Crippen LogP contribution in [-0.4, -0.2) is 167 Å². The van der Waals surface area contributed by atoms with E-state index in [0.29, 0.717) is 55.0 Å². The number of hydrogen-bond acceptors (Lipinski definition) is 16. The molecule has 2 aromatic carbocycles. The quantitative estimate of drug-likeness (QED) is 0.0184. The summed E-state index contributed by atoms with van der Waals surface area (Å²) in [5, 5.41) is 28.1. The molecule has 0 bridgehead atoms. The molecule has 0 saturated carbocycles. The van der Waals surface area contributed by atoms with E-state index in [0.717, 1.165) is 16.9 Å². The molecule has 3 aromatic rings. The number of carboxylic acids is 1. The number of hydroxylamine groups is 1. The van der Waals surface area contributed by atoms with E-state index in [1.165, 1.54) is 6.92 Å². The summed E-state index contributed by atoms with van der Waals surface area (Å²) < 4.78 is 5.87. The van der Waals surface area contributed by atoms with Gasteiger partial charge in [-0.15, -0.1) is 11.3 Å². The number of nitrogens with zero attached hydrogens (tertiary/aromatic N) is 4. The number of hydrogen-bond donors (Lipinski definition) is 9. The lowest BCUT2D eigenvalue weighted by atomic mass is 9.92. The molecule has 10 amide bonds. The third kappa shape index (κ3) is 25.7. The first-order valence-corrected chi connectivity index (χ1v) is 33.4. The fourth-order valence-corrected chi connectivity index (χ4v) is 12.2. The summed E-state index contributed by atoms with van der Waals surface area (Å²) in [6.07, 6.45) is 1.74. The number of benzene rings is 2. The van der Waals surface area contributed by atoms with Crippen LogP contribution in [0, 0.1) is 35.5 Å². The summed E-state index contributed by atoms with van der Waals surface area (Å²) in [6, 6.07) is 10.8. The van der Waals surface area contributed by atoms with Gasteiger partial charge in [0.15, 0.2) is 6.10 Å². The van der Waals surface area contributed by atoms with Crippen molar-refractivity contribution in [2.75, 3.05) is 46.1 Å². The maximum atomic E-state index is 14.4. The second-order valence-electron chi connectivity index (χ2n) is 25.8. The van der Waals surface area contributed by atoms with Crippen molar-refractivity contribution < 1.29 is 67.4 Å². The first-order chi connectivity index (χ1) is 44.4. The number of ether oxygens (including phenoxy) is 1. The number of esters is 1. The molecular formula is C67H102N12O14S. The van der Waals surface area contributed by atoms with Crippen molar-refractivity contribution >= 4 is 82.3 Å². The Kier molecular flexibility index (Phi) is 32.5. The van der Waals surface area contributed by atoms with Gasteiger partial charge in [0.05, 0.1) is 18.6 Å². The van der Waals surface area contributed by atoms with Crippen LogP contribution in [0.5, 0.6) is 0 Å². The van der Waals surface area contributed by atoms with E-state index in [-0.39, 0.29) is 99.3 Å². The number of anilines is 1. The Morgan fingerprint density at radius 3 is 1.98 bits per heavy atom. The number of piperidine rings is 1. The lowest BCUT2D eigenvalue weighted by molar-refractivity contribution is -0.149. The third-order valence-electron chi connectivity index (χ3n) is 16.9. The van der Waals surface area contributed by atoms with Crippen LogP contribution in [0.4, 0.5) is 10.5 Å². The Labute approximate surface area is 557 Å². The second kappa shape index (κ2) is 39.0. The molecule has 1 aliphatic rings. The first kappa shape index (κ1) is 78.4. The Morgan fingerprint density at radius 2 is 1.40 bits per heavy atom. The van der Waals surface area contributed by atoms with Crippen LogP contribution >= 0.6 is 11.3 Å². The van der Waals surface area contributed by atoms with Crippen molar-refractivity contribution in [2.45, 2.75) is 189 Å². The number of carbonyl (C=O) groups is 11. The SMILES string of the molecule is CC[C@H](C)[C@H](NC(=O)[C@H](C(C)C)N(C)C)C(=O)N(C)[C@H](C[C@@H](OC(C)=O)c1nc(C(=O)N[C@@H](Cc2ccccc2)C[C@H](C)C(=O)NOCc2ccc(NC(=O)[C@H](CCCNC(N)=O)NC(=O)[C@@H](NC(=O)CCCC(=O)N3CCC(C(=O)O)CC3)C(C)C)cc2)cs1)C(C)C. The zero-order valence-electron chi connectivity index (χ0n) is 56.9. The number of likely N-dealkylation sites (tertiary alicyclic amines) is 1. The standard InChI is InChI=1S/C67H102N12O14S/c1-14-42(8)57(75-63(87)58(41(6)7)77(11)12)65(88)78(13)52(39(2)3)36-53(93-44(10)80)64-73-51(38-94-64)61(85)71-49(35-45-20-16-15-17-21-45)34-43(9)59(83)76-92-37-46-25-27-48(28-26-46)70-60(84)50(22-19-31-69-67(68)91)72-62(86)56(40(4)5)74-54(81)23-18-24-55(82)79-32-29-47(30-33-79)66(89)90/h15-17,20-21,25-28,38-43,47,49-50,52-53,56-58H,14,18-19,22-24,29-37H2,1-13H3,(H,70,84)(H,71,85)(H,72,86)(H,74,81)(H,75,87)(H,76,83)(H,89,90)(H3,68,69,91)/t42-,43-,49+,50-,52+,53+,56-,57-,58-/m0/s1. The monoisotopic (exact) mass is 1330 g/mol. The minimum absolute atomic E-state index is 0.0106. The average molecular weight is 1330 g/mol. The van der Waals surface area contributed by atoms with Gasteiger partial charge >= 0.3 is 18.0 Å². The summed E-state index contributed by atoms with van der Waals surface area (Å²) in [5.74, 6) is -6.67. The van der Waals surface area contributed by atoms with Gasteiger partial charge in [-0.05, 0) is 106 Å². The number of primary amides is 1. The number of nitrogens with one attached hydrogen (secondary N) is 7. The molecule has 1 saturated heterocycles. The Balaban J connectivity index is 1.37. The minimum Gasteiger partial charge on any atom is -0.481 e. The van der Waals surface area contributed by atoms with Gasteiger partial charge in [0.2, 0.25) is 41.4 Å². The summed E-state index contributed by atoms with van der Waals surface area (Å²) in [4.78, 5) is 160. The molecule has 0 aliphatic carbocycles. The molecule has 1 aromatic heterocycles. The Bertz CT molecular complexity index is 2980. The highest BCUT2D eigenvalue weighted by atomic mass is 32.1. The molecule has 1 fully saturated rings. The number of aliphatic carboxylic acids is 1. The molecule has 0 radical (unpaired) electrons. The number of urea groups is 1. The summed E-state index contributed by atoms with van der Waals surface area (Å²) >= 11 is 1.14. The van der Waals surface area contributed by atoms with Gasteiger partial charge < -0.3 is 57.3 Å². The predicted octanol–water partition coefficient (Wildman–Crippen LogP) is 5.86. The maximum absolute atomic E-state index is 14.4. The molecule has 26 nitrogen and oxygen atoms in total. The largest absolute Gasteiger partial charge is 0.481 e. The van der Waals surface area contributed by atoms with Gasteiger partial charge in [-0.25, -0.2) is 15.3 Å². The third-order valence-corrected chi connectivity index (χ3v) is 17.8. The molecule has 520 valence electrons. The molecule has 1 aliphatic heterocycles. The zero-order chi connectivity index (χ0) is 69.9. The van der Waals surface area contributed by atoms with Crippen LogP contribution in [0.2, 0.25) is 0 Å². The van der Waals surface area contributed by atoms with E-state index in [9.17, 15) is 57.8 Å². The van der Waals surface area contributed by atoms with Gasteiger partial charge in [0.1, 0.15) is 28.8 Å². The number of rotatable bonds is 38. The number of amides is 10. The van der Waals surface area contributed by atoms with E-state index < -0.39 is 108 Å². The molecule has 4 rings (SSSR count). The molecule has 27 heteroatoms. The van der Waals surface area contributed by atoms with E-state index in [1.807, 2.05) is 90.9 Å². The average Bonchev–Trinajstić information content (AvgIpc) is 1.40. The van der Waals surface area contributed by atoms with Gasteiger partial charge in [-0.1, -0.05) is 111 Å². The second-order valence-corrected chi connectivity index (χ2v) is 26.6. The number of likely N-dealkylation sites (N-methyl/N-ethyl adjacent to an activating group) is 2. The van der Waals surface area contributed by atoms with E-state index >= 15 is 0 Å². The van der Waals surface area contributed by atoms with Crippen LogP contribution in [0.3, 0.4) is 0 Å². The van der Waals surface area contributed by atoms with E-state index in [1.54, 1.807) is 67.3 Å². The highest BCUT2D eigenvalue weighted by Crippen LogP contribution is 2.32. The van der Waals surface area contributed by atoms with Gasteiger partial charge in [0.25, 0.3) is 5.91 Å². The van der Waals surface area contributed by atoms with Crippen molar-refractivity contribution in [2.24, 2.45) is 41.2 Å². The van der Waals surface area contributed by atoms with Crippen LogP contribution < -0.4 is 43.1 Å². The number of thiazole rings is 1. The maximum Gasteiger partial charge on any atom is 0.312 e. The van der Waals surface area contributed by atoms with Crippen LogP contribution in [0.15, 0.2) is 60.0 Å². The summed E-state index contributed by atoms with van der Waals surface area (Å²) in [5.41, 5.74) is 9.72. The predicted molar refractivity (Wildman–Crippen MR) is 356 cm³/mol. The fraction of sp³-hybridized carbons (Fsp3) is 0.612.